The highest BCUT2D eigenvalue weighted by atomic mass is 32.1. The number of nitrogens with zero attached hydrogens (tertiary/aromatic N) is 3. The summed E-state index contributed by atoms with van der Waals surface area (Å²) in [6.45, 7) is 2.73. The molecule has 33 heavy (non-hydrogen) atoms. The zero-order valence-electron chi connectivity index (χ0n) is 18.1. The summed E-state index contributed by atoms with van der Waals surface area (Å²) in [5.74, 6) is 0. The summed E-state index contributed by atoms with van der Waals surface area (Å²) in [5, 5.41) is 4.68. The molecule has 0 radical (unpaired) electrons. The van der Waals surface area contributed by atoms with Crippen molar-refractivity contribution in [1.82, 2.24) is 20.4 Å². The summed E-state index contributed by atoms with van der Waals surface area (Å²) >= 11 is 1.79. The van der Waals surface area contributed by atoms with Gasteiger partial charge in [0, 0.05) is 68.4 Å². The van der Waals surface area contributed by atoms with E-state index in [0.717, 1.165) is 50.7 Å². The number of nitrogens with one attached hydrogen (secondary N) is 2. The Balaban J connectivity index is 1.45. The van der Waals surface area contributed by atoms with Crippen LogP contribution in [0.2, 0.25) is 0 Å². The van der Waals surface area contributed by atoms with E-state index in [4.69, 9.17) is 10.7 Å². The predicted octanol–water partition coefficient (Wildman–Crippen LogP) is 4.53. The van der Waals surface area contributed by atoms with E-state index >= 15 is 0 Å². The van der Waals surface area contributed by atoms with Crippen LogP contribution in [0.25, 0.3) is 16.7 Å². The standard InChI is InChI=1S/C26H22N6S/c1-15-2-5-25(33-15)19-4-3-18(27)11-22-20(19)12-23(31-22)26-21-10-17(16-6-8-28-9-7-16)13-29-24(21)14-30-32-26/h2-10,12-13,30-31H,11,14,27H2,1H3. The van der Waals surface area contributed by atoms with E-state index in [1.54, 1.807) is 23.7 Å². The number of rotatable bonds is 3. The Kier molecular flexibility index (Phi) is 4.69. The Morgan fingerprint density at radius 2 is 1.88 bits per heavy atom. The highest BCUT2D eigenvalue weighted by Crippen LogP contribution is 2.35. The van der Waals surface area contributed by atoms with Gasteiger partial charge in [-0.2, -0.15) is 5.10 Å². The molecule has 1 aliphatic carbocycles. The summed E-state index contributed by atoms with van der Waals surface area (Å²) in [7, 11) is 0. The highest BCUT2D eigenvalue weighted by molar-refractivity contribution is 7.13. The van der Waals surface area contributed by atoms with E-state index < -0.39 is 0 Å². The maximum atomic E-state index is 6.29. The average molecular weight is 451 g/mol. The van der Waals surface area contributed by atoms with Gasteiger partial charge in [0.15, 0.2) is 0 Å². The molecule has 6 rings (SSSR count). The molecule has 4 aromatic heterocycles. The van der Waals surface area contributed by atoms with Crippen LogP contribution in [0.3, 0.4) is 0 Å². The molecule has 0 bridgehead atoms. The largest absolute Gasteiger partial charge is 0.402 e. The second-order valence-electron chi connectivity index (χ2n) is 8.23. The van der Waals surface area contributed by atoms with Crippen LogP contribution in [0.15, 0.2) is 77.9 Å². The van der Waals surface area contributed by atoms with Crippen molar-refractivity contribution in [1.29, 1.82) is 0 Å². The molecular formula is C26H22N6S. The normalized spacial score (nSPS) is 14.9. The van der Waals surface area contributed by atoms with Crippen molar-refractivity contribution in [2.45, 2.75) is 19.9 Å². The van der Waals surface area contributed by atoms with Crippen LogP contribution in [-0.4, -0.2) is 20.7 Å². The maximum Gasteiger partial charge on any atom is 0.115 e. The van der Waals surface area contributed by atoms with Crippen molar-refractivity contribution in [3.05, 3.63) is 111 Å². The van der Waals surface area contributed by atoms with E-state index in [2.05, 4.69) is 57.8 Å². The summed E-state index contributed by atoms with van der Waals surface area (Å²) in [6, 6.07) is 12.7. The third-order valence-electron chi connectivity index (χ3n) is 5.97. The van der Waals surface area contributed by atoms with Crippen LogP contribution < -0.4 is 11.2 Å². The van der Waals surface area contributed by atoms with Gasteiger partial charge in [-0.05, 0) is 55.0 Å². The van der Waals surface area contributed by atoms with Gasteiger partial charge in [-0.15, -0.1) is 11.3 Å². The Labute approximate surface area is 195 Å². The molecule has 4 aromatic rings. The average Bonchev–Trinajstić information content (AvgIpc) is 3.42. The number of allylic oxidation sites excluding steroid dienone is 3. The van der Waals surface area contributed by atoms with E-state index in [9.17, 15) is 0 Å². The molecule has 0 unspecified atom stereocenters. The summed E-state index contributed by atoms with van der Waals surface area (Å²) < 4.78 is 0. The van der Waals surface area contributed by atoms with Gasteiger partial charge in [0.1, 0.15) is 5.71 Å². The number of H-pyrrole nitrogens is 1. The molecule has 0 amide bonds. The van der Waals surface area contributed by atoms with Crippen molar-refractivity contribution in [3.8, 4) is 11.1 Å². The molecular weight excluding hydrogens is 428 g/mol. The molecule has 1 aliphatic heterocycles. The van der Waals surface area contributed by atoms with Gasteiger partial charge in [0.2, 0.25) is 0 Å². The van der Waals surface area contributed by atoms with Crippen molar-refractivity contribution < 1.29 is 0 Å². The predicted molar refractivity (Wildman–Crippen MR) is 133 cm³/mol. The molecule has 7 heteroatoms. The van der Waals surface area contributed by atoms with Gasteiger partial charge in [-0.1, -0.05) is 6.08 Å². The first-order chi connectivity index (χ1) is 16.2. The topological polar surface area (TPSA) is 92.0 Å². The number of aryl methyl sites for hydroxylation is 1. The first-order valence-corrected chi connectivity index (χ1v) is 11.6. The number of thiophene rings is 1. The smallest absolute Gasteiger partial charge is 0.115 e. The molecule has 2 aliphatic rings. The van der Waals surface area contributed by atoms with E-state index in [-0.39, 0.29) is 0 Å². The molecule has 0 atom stereocenters. The van der Waals surface area contributed by atoms with Crippen molar-refractivity contribution in [2.75, 3.05) is 0 Å². The van der Waals surface area contributed by atoms with Crippen LogP contribution in [0.1, 0.15) is 38.0 Å². The molecule has 0 fully saturated rings. The van der Waals surface area contributed by atoms with Gasteiger partial charge >= 0.3 is 0 Å². The quantitative estimate of drug-likeness (QED) is 0.428. The van der Waals surface area contributed by atoms with Gasteiger partial charge in [-0.25, -0.2) is 0 Å². The zero-order chi connectivity index (χ0) is 22.4. The van der Waals surface area contributed by atoms with Gasteiger partial charge < -0.3 is 16.1 Å². The SMILES string of the molecule is Cc1ccc(C2=CC=C(N)Cc3[nH]c(C4=NNCc5ncc(-c6ccncc6)cc54)cc32)s1. The second kappa shape index (κ2) is 7.86. The molecule has 5 heterocycles. The van der Waals surface area contributed by atoms with Crippen molar-refractivity contribution in [2.24, 2.45) is 10.8 Å². The van der Waals surface area contributed by atoms with Crippen LogP contribution >= 0.6 is 11.3 Å². The Morgan fingerprint density at radius 3 is 2.70 bits per heavy atom. The monoisotopic (exact) mass is 450 g/mol. The van der Waals surface area contributed by atoms with Gasteiger partial charge in [-0.3, -0.25) is 9.97 Å². The lowest BCUT2D eigenvalue weighted by atomic mass is 9.98. The van der Waals surface area contributed by atoms with Crippen LogP contribution in [0, 0.1) is 6.92 Å². The minimum Gasteiger partial charge on any atom is -0.402 e. The lowest BCUT2D eigenvalue weighted by Crippen LogP contribution is -2.22. The molecule has 0 spiro atoms. The van der Waals surface area contributed by atoms with Crippen LogP contribution in [0.5, 0.6) is 0 Å². The third-order valence-corrected chi connectivity index (χ3v) is 7.01. The number of aromatic nitrogens is 3. The number of fused-ring (bicyclic) bond motifs is 2. The Hall–Kier alpha value is -3.97. The molecule has 4 N–H and O–H groups in total. The first-order valence-electron chi connectivity index (χ1n) is 10.8. The fraction of sp³-hybridized carbons (Fsp3) is 0.115. The lowest BCUT2D eigenvalue weighted by Gasteiger charge is -2.17. The maximum absolute atomic E-state index is 6.29. The summed E-state index contributed by atoms with van der Waals surface area (Å²) in [5.41, 5.74) is 19.6. The van der Waals surface area contributed by atoms with Crippen molar-refractivity contribution in [3.63, 3.8) is 0 Å². The van der Waals surface area contributed by atoms with E-state index in [1.807, 2.05) is 24.4 Å². The lowest BCUT2D eigenvalue weighted by molar-refractivity contribution is 0.709. The number of hydrogen-bond donors (Lipinski definition) is 3. The molecule has 0 saturated heterocycles. The number of hydrogen-bond acceptors (Lipinski definition) is 6. The Morgan fingerprint density at radius 1 is 1.00 bits per heavy atom. The molecule has 6 nitrogen and oxygen atoms in total. The summed E-state index contributed by atoms with van der Waals surface area (Å²) in [6.07, 6.45) is 10.3. The molecule has 0 aromatic carbocycles. The third kappa shape index (κ3) is 3.56. The number of hydrazone groups is 1. The van der Waals surface area contributed by atoms with Gasteiger partial charge in [0.25, 0.3) is 0 Å². The minimum absolute atomic E-state index is 0.602. The summed E-state index contributed by atoms with van der Waals surface area (Å²) in [4.78, 5) is 15.0. The van der Waals surface area contributed by atoms with Gasteiger partial charge in [0.05, 0.1) is 17.9 Å². The zero-order valence-corrected chi connectivity index (χ0v) is 18.9. The van der Waals surface area contributed by atoms with Crippen molar-refractivity contribution >= 4 is 22.6 Å². The number of pyridine rings is 2. The first kappa shape index (κ1) is 19.7. The molecule has 162 valence electrons. The van der Waals surface area contributed by atoms with Crippen LogP contribution in [0.4, 0.5) is 0 Å². The van der Waals surface area contributed by atoms with E-state index in [1.165, 1.54) is 15.3 Å². The fourth-order valence-corrected chi connectivity index (χ4v) is 5.25. The van der Waals surface area contributed by atoms with Crippen LogP contribution in [-0.2, 0) is 13.0 Å². The fourth-order valence-electron chi connectivity index (χ4n) is 4.34. The number of aromatic amines is 1. The van der Waals surface area contributed by atoms with E-state index in [0.29, 0.717) is 13.0 Å². The highest BCUT2D eigenvalue weighted by Gasteiger charge is 2.24. The second-order valence-corrected chi connectivity index (χ2v) is 9.52. The number of nitrogens with two attached hydrogens (primary N) is 1. The Bertz CT molecular complexity index is 1460. The minimum atomic E-state index is 0.602. The molecule has 0 saturated carbocycles.